The summed E-state index contributed by atoms with van der Waals surface area (Å²) in [5.74, 6) is 0.0578. The summed E-state index contributed by atoms with van der Waals surface area (Å²) >= 11 is 1.50. The molecule has 0 aliphatic rings. The minimum Gasteiger partial charge on any atom is -0.290 e. The molecule has 1 N–H and O–H groups in total. The first-order chi connectivity index (χ1) is 11.6. The van der Waals surface area contributed by atoms with Gasteiger partial charge in [-0.15, -0.1) is 16.4 Å². The molecule has 1 aromatic carbocycles. The lowest BCUT2D eigenvalue weighted by molar-refractivity contribution is -0.111. The van der Waals surface area contributed by atoms with Gasteiger partial charge in [0.2, 0.25) is 4.96 Å². The maximum atomic E-state index is 11.8. The number of nitrogens with one attached hydrogen (secondary N) is 1. The molecule has 6 heteroatoms. The Morgan fingerprint density at radius 3 is 2.88 bits per heavy atom. The first kappa shape index (κ1) is 16.1. The molecule has 0 aliphatic carbocycles. The number of rotatable bonds is 4. The van der Waals surface area contributed by atoms with E-state index >= 15 is 0 Å². The Hall–Kier alpha value is -2.73. The number of aryl methyl sites for hydroxylation is 2. The fourth-order valence-corrected chi connectivity index (χ4v) is 3.25. The van der Waals surface area contributed by atoms with Crippen molar-refractivity contribution in [2.75, 3.05) is 5.32 Å². The van der Waals surface area contributed by atoms with Crippen LogP contribution in [0.5, 0.6) is 0 Å². The summed E-state index contributed by atoms with van der Waals surface area (Å²) in [6, 6.07) is 6.31. The van der Waals surface area contributed by atoms with E-state index in [9.17, 15) is 4.79 Å². The van der Waals surface area contributed by atoms with Gasteiger partial charge < -0.3 is 0 Å². The number of amides is 1. The Bertz CT molecular complexity index is 949. The molecule has 0 atom stereocenters. The van der Waals surface area contributed by atoms with Crippen molar-refractivity contribution in [2.45, 2.75) is 20.8 Å². The second kappa shape index (κ2) is 6.80. The number of carbonyl (C=O) groups excluding carboxylic acids is 1. The fraction of sp³-hybridized carbons (Fsp3) is 0.167. The van der Waals surface area contributed by atoms with E-state index in [1.165, 1.54) is 28.5 Å². The normalized spacial score (nSPS) is 11.8. The largest absolute Gasteiger partial charge is 0.290 e. The predicted octanol–water partition coefficient (Wildman–Crippen LogP) is 4.15. The number of allylic oxidation sites excluding steroid dienone is 3. The Labute approximate surface area is 144 Å². The Balaban J connectivity index is 1.90. The van der Waals surface area contributed by atoms with Crippen LogP contribution >= 0.6 is 11.3 Å². The van der Waals surface area contributed by atoms with Crippen LogP contribution in [0.4, 0.5) is 5.95 Å². The lowest BCUT2D eigenvalue weighted by atomic mass is 10.0. The first-order valence-electron chi connectivity index (χ1n) is 7.60. The molecular formula is C18H18N4OS. The zero-order valence-corrected chi connectivity index (χ0v) is 14.6. The van der Waals surface area contributed by atoms with Crippen molar-refractivity contribution in [3.05, 3.63) is 59.0 Å². The van der Waals surface area contributed by atoms with Gasteiger partial charge >= 0.3 is 0 Å². The van der Waals surface area contributed by atoms with Gasteiger partial charge in [0.15, 0.2) is 0 Å². The minimum atomic E-state index is -0.251. The SMILES string of the molecule is C/C=C/C=C/C(=O)Nc1nc2scc(-c3ccc(C)cc3C)n2n1. The quantitative estimate of drug-likeness (QED) is 0.574. The summed E-state index contributed by atoms with van der Waals surface area (Å²) in [5, 5.41) is 9.13. The highest BCUT2D eigenvalue weighted by atomic mass is 32.1. The van der Waals surface area contributed by atoms with Crippen LogP contribution in [-0.2, 0) is 4.79 Å². The number of hydrogen-bond acceptors (Lipinski definition) is 4. The van der Waals surface area contributed by atoms with E-state index in [1.807, 2.05) is 18.4 Å². The van der Waals surface area contributed by atoms with Crippen molar-refractivity contribution >= 4 is 28.2 Å². The van der Waals surface area contributed by atoms with Gasteiger partial charge in [-0.25, -0.2) is 4.52 Å². The van der Waals surface area contributed by atoms with Gasteiger partial charge in [0.25, 0.3) is 11.9 Å². The smallest absolute Gasteiger partial charge is 0.250 e. The lowest BCUT2D eigenvalue weighted by Crippen LogP contribution is -2.09. The highest BCUT2D eigenvalue weighted by molar-refractivity contribution is 7.15. The number of thiazole rings is 1. The molecule has 3 aromatic rings. The zero-order chi connectivity index (χ0) is 17.1. The van der Waals surface area contributed by atoms with Crippen LogP contribution in [0, 0.1) is 13.8 Å². The molecular weight excluding hydrogens is 320 g/mol. The number of carbonyl (C=O) groups is 1. The average molecular weight is 338 g/mol. The molecule has 2 heterocycles. The van der Waals surface area contributed by atoms with Crippen molar-refractivity contribution in [1.82, 2.24) is 14.6 Å². The Morgan fingerprint density at radius 1 is 1.29 bits per heavy atom. The molecule has 3 rings (SSSR count). The molecule has 5 nitrogen and oxygen atoms in total. The second-order valence-corrected chi connectivity index (χ2v) is 6.28. The molecule has 0 aliphatic heterocycles. The van der Waals surface area contributed by atoms with E-state index in [2.05, 4.69) is 47.4 Å². The first-order valence-corrected chi connectivity index (χ1v) is 8.48. The summed E-state index contributed by atoms with van der Waals surface area (Å²) in [7, 11) is 0. The Morgan fingerprint density at radius 2 is 2.12 bits per heavy atom. The van der Waals surface area contributed by atoms with E-state index in [-0.39, 0.29) is 5.91 Å². The molecule has 2 aromatic heterocycles. The van der Waals surface area contributed by atoms with Crippen molar-refractivity contribution in [3.63, 3.8) is 0 Å². The number of nitrogens with zero attached hydrogens (tertiary/aromatic N) is 3. The average Bonchev–Trinajstić information content (AvgIpc) is 3.08. The maximum Gasteiger partial charge on any atom is 0.250 e. The lowest BCUT2D eigenvalue weighted by Gasteiger charge is -2.05. The number of aromatic nitrogens is 3. The van der Waals surface area contributed by atoms with Crippen molar-refractivity contribution < 1.29 is 4.79 Å². The van der Waals surface area contributed by atoms with Gasteiger partial charge in [-0.2, -0.15) is 4.98 Å². The standard InChI is InChI=1S/C18H18N4OS/c1-4-5-6-7-16(23)19-17-20-18-22(21-17)15(11-24-18)14-9-8-12(2)10-13(14)3/h4-11H,1-3H3,(H,19,21,23)/b5-4+,7-6+. The number of anilines is 1. The summed E-state index contributed by atoms with van der Waals surface area (Å²) < 4.78 is 1.77. The van der Waals surface area contributed by atoms with E-state index in [4.69, 9.17) is 0 Å². The maximum absolute atomic E-state index is 11.8. The van der Waals surface area contributed by atoms with Gasteiger partial charge in [-0.1, -0.05) is 42.0 Å². The predicted molar refractivity (Wildman–Crippen MR) is 98.4 cm³/mol. The van der Waals surface area contributed by atoms with Crippen LogP contribution in [0.3, 0.4) is 0 Å². The molecule has 0 saturated heterocycles. The molecule has 0 saturated carbocycles. The summed E-state index contributed by atoms with van der Waals surface area (Å²) in [4.78, 5) is 16.9. The van der Waals surface area contributed by atoms with E-state index in [0.717, 1.165) is 16.2 Å². The molecule has 24 heavy (non-hydrogen) atoms. The number of fused-ring (bicyclic) bond motifs is 1. The van der Waals surface area contributed by atoms with Gasteiger partial charge in [0.05, 0.1) is 5.69 Å². The summed E-state index contributed by atoms with van der Waals surface area (Å²) in [5.41, 5.74) is 4.50. The van der Waals surface area contributed by atoms with Crippen LogP contribution in [0.25, 0.3) is 16.2 Å². The zero-order valence-electron chi connectivity index (χ0n) is 13.8. The van der Waals surface area contributed by atoms with Gasteiger partial charge in [-0.3, -0.25) is 10.1 Å². The van der Waals surface area contributed by atoms with E-state index in [1.54, 1.807) is 16.7 Å². The monoisotopic (exact) mass is 338 g/mol. The van der Waals surface area contributed by atoms with Gasteiger partial charge in [0.1, 0.15) is 0 Å². The van der Waals surface area contributed by atoms with Crippen molar-refractivity contribution in [3.8, 4) is 11.3 Å². The van der Waals surface area contributed by atoms with Gasteiger partial charge in [-0.05, 0) is 26.3 Å². The van der Waals surface area contributed by atoms with Crippen molar-refractivity contribution in [1.29, 1.82) is 0 Å². The second-order valence-electron chi connectivity index (χ2n) is 5.44. The van der Waals surface area contributed by atoms with Crippen LogP contribution < -0.4 is 5.32 Å². The van der Waals surface area contributed by atoms with Crippen LogP contribution in [0.2, 0.25) is 0 Å². The fourth-order valence-electron chi connectivity index (χ4n) is 2.43. The molecule has 0 radical (unpaired) electrons. The third kappa shape index (κ3) is 3.28. The summed E-state index contributed by atoms with van der Waals surface area (Å²) in [6.45, 7) is 6.05. The highest BCUT2D eigenvalue weighted by Crippen LogP contribution is 2.28. The van der Waals surface area contributed by atoms with Crippen molar-refractivity contribution in [2.24, 2.45) is 0 Å². The third-order valence-corrected chi connectivity index (χ3v) is 4.34. The van der Waals surface area contributed by atoms with Crippen LogP contribution in [0.1, 0.15) is 18.1 Å². The number of hydrogen-bond donors (Lipinski definition) is 1. The molecule has 0 bridgehead atoms. The minimum absolute atomic E-state index is 0.251. The van der Waals surface area contributed by atoms with E-state index in [0.29, 0.717) is 5.95 Å². The highest BCUT2D eigenvalue weighted by Gasteiger charge is 2.13. The third-order valence-electron chi connectivity index (χ3n) is 3.53. The van der Waals surface area contributed by atoms with Crippen LogP contribution in [-0.4, -0.2) is 20.5 Å². The summed E-state index contributed by atoms with van der Waals surface area (Å²) in [6.07, 6.45) is 6.76. The molecule has 1 amide bonds. The van der Waals surface area contributed by atoms with Gasteiger partial charge in [0, 0.05) is 17.0 Å². The molecule has 122 valence electrons. The number of benzene rings is 1. The van der Waals surface area contributed by atoms with Crippen LogP contribution in [0.15, 0.2) is 47.9 Å². The molecule has 0 unspecified atom stereocenters. The topological polar surface area (TPSA) is 59.3 Å². The van der Waals surface area contributed by atoms with E-state index < -0.39 is 0 Å². The Kier molecular flexibility index (Phi) is 4.57. The molecule has 0 spiro atoms. The molecule has 0 fully saturated rings.